The molecule has 3 aromatic rings. The van der Waals surface area contributed by atoms with Gasteiger partial charge >= 0.3 is 0 Å². The average Bonchev–Trinajstić information content (AvgIpc) is 3.00. The van der Waals surface area contributed by atoms with Crippen LogP contribution in [0.15, 0.2) is 36.5 Å². The normalized spacial score (nSPS) is 12.1. The van der Waals surface area contributed by atoms with Crippen LogP contribution in [-0.4, -0.2) is 27.1 Å². The van der Waals surface area contributed by atoms with E-state index in [0.29, 0.717) is 17.6 Å². The minimum Gasteiger partial charge on any atom is -0.490 e. The summed E-state index contributed by atoms with van der Waals surface area (Å²) in [6, 6.07) is 7.95. The van der Waals surface area contributed by atoms with Gasteiger partial charge in [0.05, 0.1) is 6.61 Å². The van der Waals surface area contributed by atoms with Gasteiger partial charge in [-0.1, -0.05) is 26.0 Å². The van der Waals surface area contributed by atoms with Crippen LogP contribution in [0.2, 0.25) is 0 Å². The Hall–Kier alpha value is -2.77. The second-order valence-electron chi connectivity index (χ2n) is 7.19. The largest absolute Gasteiger partial charge is 0.490 e. The van der Waals surface area contributed by atoms with Crippen molar-refractivity contribution in [3.63, 3.8) is 0 Å². The molecule has 0 saturated carbocycles. The van der Waals surface area contributed by atoms with Crippen molar-refractivity contribution >= 4 is 11.6 Å². The Labute approximate surface area is 161 Å². The van der Waals surface area contributed by atoms with Crippen molar-refractivity contribution in [1.29, 1.82) is 0 Å². The summed E-state index contributed by atoms with van der Waals surface area (Å²) in [6.45, 7) is 3.54. The fourth-order valence-electron chi connectivity index (χ4n) is 2.85. The van der Waals surface area contributed by atoms with Crippen LogP contribution in [0.1, 0.15) is 33.1 Å². The summed E-state index contributed by atoms with van der Waals surface area (Å²) < 4.78 is 49.4. The molecular weight excluding hydrogens is 369 g/mol. The van der Waals surface area contributed by atoms with Gasteiger partial charge in [-0.2, -0.15) is 4.98 Å². The predicted octanol–water partition coefficient (Wildman–Crippen LogP) is 4.96. The van der Waals surface area contributed by atoms with E-state index < -0.39 is 18.2 Å². The topological polar surface area (TPSA) is 65.4 Å². The second kappa shape index (κ2) is 8.08. The Bertz CT molecular complexity index is 956. The van der Waals surface area contributed by atoms with Crippen molar-refractivity contribution in [2.24, 2.45) is 5.92 Å². The lowest BCUT2D eigenvalue weighted by Gasteiger charge is -2.18. The number of alkyl halides is 2. The third-order valence-corrected chi connectivity index (χ3v) is 4.44. The molecule has 2 N–H and O–H groups in total. The first-order valence-corrected chi connectivity index (χ1v) is 9.16. The number of nitrogens with two attached hydrogens (primary N) is 1. The van der Waals surface area contributed by atoms with Gasteiger partial charge in [0.15, 0.2) is 17.2 Å². The third-order valence-electron chi connectivity index (χ3n) is 4.44. The maximum absolute atomic E-state index is 14.9. The molecule has 0 aliphatic rings. The van der Waals surface area contributed by atoms with Gasteiger partial charge in [0.2, 0.25) is 5.95 Å². The number of anilines is 1. The van der Waals surface area contributed by atoms with Gasteiger partial charge < -0.3 is 10.5 Å². The molecule has 150 valence electrons. The van der Waals surface area contributed by atoms with Crippen LogP contribution in [0.5, 0.6) is 5.75 Å². The summed E-state index contributed by atoms with van der Waals surface area (Å²) in [5.74, 6) is -3.16. The molecule has 8 heteroatoms. The molecule has 5 nitrogen and oxygen atoms in total. The molecular formula is C20H23F3N4O. The number of hydrogen-bond donors (Lipinski definition) is 1. The first-order valence-electron chi connectivity index (χ1n) is 9.16. The second-order valence-corrected chi connectivity index (χ2v) is 7.19. The number of hydrogen-bond acceptors (Lipinski definition) is 4. The standard InChI is InChI=1S/C20H23F3N4O/c1-13(2)6-8-20(22,23)9-11-28-16-5-3-4-15(18(16)21)14-7-10-27-17(12-14)25-19(24)26-27/h3-5,7,10,12-13H,6,8-9,11H2,1-2H3,(H2,24,26). The third kappa shape index (κ3) is 4.74. The van der Waals surface area contributed by atoms with E-state index in [-0.39, 0.29) is 36.2 Å². The van der Waals surface area contributed by atoms with E-state index in [9.17, 15) is 13.2 Å². The molecule has 0 spiro atoms. The fourth-order valence-corrected chi connectivity index (χ4v) is 2.85. The summed E-state index contributed by atoms with van der Waals surface area (Å²) in [7, 11) is 0. The molecule has 0 saturated heterocycles. The Morgan fingerprint density at radius 2 is 2.00 bits per heavy atom. The van der Waals surface area contributed by atoms with E-state index in [0.717, 1.165) is 0 Å². The lowest BCUT2D eigenvalue weighted by molar-refractivity contribution is -0.0306. The molecule has 1 aromatic carbocycles. The first-order chi connectivity index (χ1) is 13.2. The van der Waals surface area contributed by atoms with Crippen molar-refractivity contribution in [2.45, 2.75) is 39.0 Å². The van der Waals surface area contributed by atoms with Crippen LogP contribution >= 0.6 is 0 Å². The number of pyridine rings is 1. The van der Waals surface area contributed by atoms with Crippen LogP contribution in [0.4, 0.5) is 19.1 Å². The lowest BCUT2D eigenvalue weighted by atomic mass is 10.0. The molecule has 0 unspecified atom stereocenters. The minimum atomic E-state index is -2.82. The molecule has 0 bridgehead atoms. The fraction of sp³-hybridized carbons (Fsp3) is 0.400. The molecule has 3 rings (SSSR count). The van der Waals surface area contributed by atoms with Gasteiger partial charge in [0.25, 0.3) is 5.92 Å². The summed E-state index contributed by atoms with van der Waals surface area (Å²) >= 11 is 0. The van der Waals surface area contributed by atoms with Gasteiger partial charge in [-0.3, -0.25) is 0 Å². The highest BCUT2D eigenvalue weighted by Gasteiger charge is 2.28. The van der Waals surface area contributed by atoms with Crippen molar-refractivity contribution in [3.05, 3.63) is 42.3 Å². The number of nitrogens with zero attached hydrogens (tertiary/aromatic N) is 3. The highest BCUT2D eigenvalue weighted by Crippen LogP contribution is 2.31. The van der Waals surface area contributed by atoms with Crippen molar-refractivity contribution in [3.8, 4) is 16.9 Å². The van der Waals surface area contributed by atoms with Crippen LogP contribution in [0.25, 0.3) is 16.8 Å². The van der Waals surface area contributed by atoms with Crippen molar-refractivity contribution in [2.75, 3.05) is 12.3 Å². The summed E-state index contributed by atoms with van der Waals surface area (Å²) in [5, 5.41) is 3.97. The van der Waals surface area contributed by atoms with Crippen molar-refractivity contribution in [1.82, 2.24) is 14.6 Å². The Morgan fingerprint density at radius 1 is 1.21 bits per heavy atom. The number of nitrogen functional groups attached to an aromatic ring is 1. The molecule has 28 heavy (non-hydrogen) atoms. The zero-order chi connectivity index (χ0) is 20.3. The van der Waals surface area contributed by atoms with E-state index >= 15 is 0 Å². The van der Waals surface area contributed by atoms with Gasteiger partial charge in [-0.25, -0.2) is 17.7 Å². The quantitative estimate of drug-likeness (QED) is 0.589. The van der Waals surface area contributed by atoms with E-state index in [4.69, 9.17) is 10.5 Å². The first kappa shape index (κ1) is 20.0. The van der Waals surface area contributed by atoms with Gasteiger partial charge in [-0.05, 0) is 36.1 Å². The van der Waals surface area contributed by atoms with Crippen LogP contribution in [0, 0.1) is 11.7 Å². The van der Waals surface area contributed by atoms with E-state index in [2.05, 4.69) is 10.1 Å². The Morgan fingerprint density at radius 3 is 2.75 bits per heavy atom. The molecule has 0 amide bonds. The monoisotopic (exact) mass is 392 g/mol. The summed E-state index contributed by atoms with van der Waals surface area (Å²) in [4.78, 5) is 4.05. The average molecular weight is 392 g/mol. The van der Waals surface area contributed by atoms with Gasteiger partial charge in [-0.15, -0.1) is 5.10 Å². The minimum absolute atomic E-state index is 0.0574. The van der Waals surface area contributed by atoms with Gasteiger partial charge in [0.1, 0.15) is 0 Å². The zero-order valence-electron chi connectivity index (χ0n) is 15.8. The van der Waals surface area contributed by atoms with Crippen LogP contribution < -0.4 is 10.5 Å². The van der Waals surface area contributed by atoms with Gasteiger partial charge in [0, 0.05) is 24.6 Å². The predicted molar refractivity (Wildman–Crippen MR) is 102 cm³/mol. The zero-order valence-corrected chi connectivity index (χ0v) is 15.8. The molecule has 0 atom stereocenters. The maximum Gasteiger partial charge on any atom is 0.251 e. The molecule has 0 radical (unpaired) electrons. The number of ether oxygens (including phenoxy) is 1. The van der Waals surface area contributed by atoms with Crippen LogP contribution in [-0.2, 0) is 0 Å². The number of benzene rings is 1. The van der Waals surface area contributed by atoms with Crippen LogP contribution in [0.3, 0.4) is 0 Å². The molecule has 0 aliphatic heterocycles. The Kier molecular flexibility index (Phi) is 5.76. The highest BCUT2D eigenvalue weighted by molar-refractivity contribution is 5.69. The van der Waals surface area contributed by atoms with E-state index in [1.165, 1.54) is 10.6 Å². The molecule has 2 heterocycles. The van der Waals surface area contributed by atoms with Crippen molar-refractivity contribution < 1.29 is 17.9 Å². The highest BCUT2D eigenvalue weighted by atomic mass is 19.3. The maximum atomic E-state index is 14.9. The smallest absolute Gasteiger partial charge is 0.251 e. The molecule has 0 aliphatic carbocycles. The summed E-state index contributed by atoms with van der Waals surface area (Å²) in [5.41, 5.74) is 6.89. The number of rotatable bonds is 8. The SMILES string of the molecule is CC(C)CCC(F)(F)CCOc1cccc(-c2ccn3nc(N)nc3c2)c1F. The van der Waals surface area contributed by atoms with E-state index in [1.807, 2.05) is 13.8 Å². The summed E-state index contributed by atoms with van der Waals surface area (Å²) in [6.07, 6.45) is 1.41. The number of aromatic nitrogens is 3. The molecule has 2 aromatic heterocycles. The number of halogens is 3. The Balaban J connectivity index is 1.72. The lowest BCUT2D eigenvalue weighted by Crippen LogP contribution is -2.20. The molecule has 0 fully saturated rings. The van der Waals surface area contributed by atoms with E-state index in [1.54, 1.807) is 30.5 Å². The number of fused-ring (bicyclic) bond motifs is 1.